The Morgan fingerprint density at radius 2 is 2.36 bits per heavy atom. The second-order valence-electron chi connectivity index (χ2n) is 2.58. The molecule has 2 aromatic rings. The first-order chi connectivity index (χ1) is 6.79. The van der Waals surface area contributed by atoms with E-state index in [1.807, 2.05) is 0 Å². The average molecular weight is 189 g/mol. The van der Waals surface area contributed by atoms with E-state index in [1.165, 1.54) is 12.5 Å². The van der Waals surface area contributed by atoms with Gasteiger partial charge in [-0.3, -0.25) is 9.78 Å². The van der Waals surface area contributed by atoms with Crippen LogP contribution in [0.5, 0.6) is 0 Å². The summed E-state index contributed by atoms with van der Waals surface area (Å²) in [4.78, 5) is 19.1. The fourth-order valence-electron chi connectivity index (χ4n) is 1.02. The molecule has 6 nitrogen and oxygen atoms in total. The van der Waals surface area contributed by atoms with Gasteiger partial charge in [0.15, 0.2) is 0 Å². The van der Waals surface area contributed by atoms with Crippen LogP contribution in [0.3, 0.4) is 0 Å². The van der Waals surface area contributed by atoms with Gasteiger partial charge in [0.1, 0.15) is 6.33 Å². The van der Waals surface area contributed by atoms with E-state index < -0.39 is 0 Å². The van der Waals surface area contributed by atoms with Gasteiger partial charge in [-0.05, 0) is 12.1 Å². The molecule has 0 aliphatic heterocycles. The van der Waals surface area contributed by atoms with E-state index in [2.05, 4.69) is 15.1 Å². The number of nitrogens with zero attached hydrogens (tertiary/aromatic N) is 4. The lowest BCUT2D eigenvalue weighted by molar-refractivity contribution is 0.0947. The Labute approximate surface area is 79.4 Å². The number of carbonyl (C=O) groups excluding carboxylic acids is 1. The van der Waals surface area contributed by atoms with Crippen LogP contribution in [0.2, 0.25) is 0 Å². The Morgan fingerprint density at radius 1 is 1.50 bits per heavy atom. The Bertz CT molecular complexity index is 450. The van der Waals surface area contributed by atoms with Crippen LogP contribution in [-0.4, -0.2) is 25.7 Å². The Balaban J connectivity index is 2.39. The van der Waals surface area contributed by atoms with Crippen molar-refractivity contribution in [2.24, 2.45) is 0 Å². The van der Waals surface area contributed by atoms with Crippen LogP contribution in [0.25, 0.3) is 0 Å². The number of rotatable bonds is 1. The van der Waals surface area contributed by atoms with Crippen molar-refractivity contribution in [1.29, 1.82) is 0 Å². The van der Waals surface area contributed by atoms with Crippen molar-refractivity contribution in [2.75, 3.05) is 5.73 Å². The van der Waals surface area contributed by atoms with Crippen LogP contribution in [0.15, 0.2) is 30.9 Å². The second kappa shape index (κ2) is 3.25. The summed E-state index contributed by atoms with van der Waals surface area (Å²) in [5, 5.41) is 3.70. The molecule has 0 aromatic carbocycles. The monoisotopic (exact) mass is 189 g/mol. The van der Waals surface area contributed by atoms with E-state index in [0.29, 0.717) is 5.56 Å². The minimum absolute atomic E-state index is 0.0684. The van der Waals surface area contributed by atoms with Gasteiger partial charge < -0.3 is 5.73 Å². The number of hydrogen-bond acceptors (Lipinski definition) is 5. The largest absolute Gasteiger partial charge is 0.368 e. The molecular weight excluding hydrogens is 182 g/mol. The third-order valence-electron chi connectivity index (χ3n) is 1.67. The van der Waals surface area contributed by atoms with Gasteiger partial charge in [-0.1, -0.05) is 0 Å². The first kappa shape index (κ1) is 8.36. The zero-order valence-corrected chi connectivity index (χ0v) is 7.16. The summed E-state index contributed by atoms with van der Waals surface area (Å²) in [6.07, 6.45) is 4.26. The number of nitrogen functional groups attached to an aromatic ring is 1. The van der Waals surface area contributed by atoms with E-state index in [-0.39, 0.29) is 11.9 Å². The average Bonchev–Trinajstić information content (AvgIpc) is 2.65. The van der Waals surface area contributed by atoms with Crippen LogP contribution in [-0.2, 0) is 0 Å². The molecule has 0 fully saturated rings. The number of anilines is 1. The van der Waals surface area contributed by atoms with Gasteiger partial charge in [0.05, 0.1) is 5.56 Å². The Hall–Kier alpha value is -2.24. The van der Waals surface area contributed by atoms with E-state index >= 15 is 0 Å². The predicted octanol–water partition coefficient (Wildman–Crippen LogP) is -0.0562. The summed E-state index contributed by atoms with van der Waals surface area (Å²) in [6, 6.07) is 3.30. The minimum Gasteiger partial charge on any atom is -0.368 e. The lowest BCUT2D eigenvalue weighted by Gasteiger charge is -1.99. The van der Waals surface area contributed by atoms with Gasteiger partial charge in [-0.15, -0.1) is 0 Å². The summed E-state index contributed by atoms with van der Waals surface area (Å²) < 4.78 is 1.02. The molecule has 0 radical (unpaired) electrons. The summed E-state index contributed by atoms with van der Waals surface area (Å²) >= 11 is 0. The zero-order chi connectivity index (χ0) is 9.97. The normalized spacial score (nSPS) is 10.0. The minimum atomic E-state index is -0.340. The standard InChI is InChI=1S/C8H7N5O/c9-8-11-5-12-13(8)7(14)6-2-1-3-10-4-6/h1-5H,(H2,9,11,12). The topological polar surface area (TPSA) is 86.7 Å². The highest BCUT2D eigenvalue weighted by Gasteiger charge is 2.11. The number of hydrogen-bond donors (Lipinski definition) is 1. The van der Waals surface area contributed by atoms with E-state index in [4.69, 9.17) is 5.73 Å². The number of carbonyl (C=O) groups is 1. The first-order valence-electron chi connectivity index (χ1n) is 3.89. The molecule has 0 unspecified atom stereocenters. The lowest BCUT2D eigenvalue weighted by atomic mass is 10.3. The van der Waals surface area contributed by atoms with E-state index in [1.54, 1.807) is 18.3 Å². The highest BCUT2D eigenvalue weighted by atomic mass is 16.2. The van der Waals surface area contributed by atoms with Gasteiger partial charge in [0, 0.05) is 12.4 Å². The molecule has 14 heavy (non-hydrogen) atoms. The Kier molecular flexibility index (Phi) is 1.94. The molecule has 6 heteroatoms. The number of nitrogens with two attached hydrogens (primary N) is 1. The van der Waals surface area contributed by atoms with Crippen molar-refractivity contribution in [3.05, 3.63) is 36.4 Å². The first-order valence-corrected chi connectivity index (χ1v) is 3.89. The molecule has 0 saturated heterocycles. The molecule has 0 spiro atoms. The fraction of sp³-hybridized carbons (Fsp3) is 0. The molecule has 0 saturated carbocycles. The third kappa shape index (κ3) is 1.33. The van der Waals surface area contributed by atoms with Crippen molar-refractivity contribution in [2.45, 2.75) is 0 Å². The van der Waals surface area contributed by atoms with Gasteiger partial charge in [0.2, 0.25) is 5.95 Å². The van der Waals surface area contributed by atoms with Gasteiger partial charge >= 0.3 is 0 Å². The van der Waals surface area contributed by atoms with Crippen LogP contribution >= 0.6 is 0 Å². The van der Waals surface area contributed by atoms with Crippen molar-refractivity contribution < 1.29 is 4.79 Å². The summed E-state index contributed by atoms with van der Waals surface area (Å²) in [5.74, 6) is -0.271. The maximum atomic E-state index is 11.7. The van der Waals surface area contributed by atoms with Gasteiger partial charge in [-0.2, -0.15) is 14.8 Å². The Morgan fingerprint density at radius 3 is 2.93 bits per heavy atom. The van der Waals surface area contributed by atoms with E-state index in [9.17, 15) is 4.79 Å². The summed E-state index contributed by atoms with van der Waals surface area (Å²) in [6.45, 7) is 0. The molecular formula is C8H7N5O. The highest BCUT2D eigenvalue weighted by molar-refractivity contribution is 5.96. The molecule has 70 valence electrons. The molecule has 2 aromatic heterocycles. The molecule has 0 aliphatic rings. The maximum absolute atomic E-state index is 11.7. The van der Waals surface area contributed by atoms with Gasteiger partial charge in [-0.25, -0.2) is 0 Å². The molecule has 2 rings (SSSR count). The van der Waals surface area contributed by atoms with Crippen molar-refractivity contribution in [1.82, 2.24) is 19.7 Å². The SMILES string of the molecule is Nc1ncnn1C(=O)c1cccnc1. The molecule has 2 N–H and O–H groups in total. The van der Waals surface area contributed by atoms with Crippen LogP contribution in [0.4, 0.5) is 5.95 Å². The maximum Gasteiger partial charge on any atom is 0.282 e. The van der Waals surface area contributed by atoms with Crippen LogP contribution in [0.1, 0.15) is 10.4 Å². The molecule has 0 atom stereocenters. The van der Waals surface area contributed by atoms with E-state index in [0.717, 1.165) is 4.68 Å². The lowest BCUT2D eigenvalue weighted by Crippen LogP contribution is -2.16. The molecule has 0 bridgehead atoms. The number of pyridine rings is 1. The highest BCUT2D eigenvalue weighted by Crippen LogP contribution is 2.02. The smallest absolute Gasteiger partial charge is 0.282 e. The molecule has 2 heterocycles. The van der Waals surface area contributed by atoms with Crippen LogP contribution < -0.4 is 5.73 Å². The quantitative estimate of drug-likeness (QED) is 0.679. The van der Waals surface area contributed by atoms with Crippen molar-refractivity contribution in [3.63, 3.8) is 0 Å². The zero-order valence-electron chi connectivity index (χ0n) is 7.16. The molecule has 0 aliphatic carbocycles. The predicted molar refractivity (Wildman–Crippen MR) is 48.4 cm³/mol. The molecule has 0 amide bonds. The fourth-order valence-corrected chi connectivity index (χ4v) is 1.02. The van der Waals surface area contributed by atoms with Gasteiger partial charge in [0.25, 0.3) is 5.91 Å². The second-order valence-corrected chi connectivity index (χ2v) is 2.58. The summed E-state index contributed by atoms with van der Waals surface area (Å²) in [5.41, 5.74) is 5.85. The number of aromatic nitrogens is 4. The third-order valence-corrected chi connectivity index (χ3v) is 1.67. The van der Waals surface area contributed by atoms with Crippen LogP contribution in [0, 0.1) is 0 Å². The summed E-state index contributed by atoms with van der Waals surface area (Å²) in [7, 11) is 0. The van der Waals surface area contributed by atoms with Crippen molar-refractivity contribution >= 4 is 11.9 Å². The van der Waals surface area contributed by atoms with Crippen molar-refractivity contribution in [3.8, 4) is 0 Å².